The molecule has 0 aromatic heterocycles. The van der Waals surface area contributed by atoms with Crippen LogP contribution in [0.3, 0.4) is 0 Å². The summed E-state index contributed by atoms with van der Waals surface area (Å²) in [7, 11) is 1.02. The molecule has 1 fully saturated rings. The van der Waals surface area contributed by atoms with Crippen molar-refractivity contribution in [3.63, 3.8) is 0 Å². The number of methoxy groups -OCH3 is 1. The van der Waals surface area contributed by atoms with Crippen molar-refractivity contribution in [3.05, 3.63) is 17.7 Å². The first-order valence-corrected chi connectivity index (χ1v) is 6.55. The lowest BCUT2D eigenvalue weighted by molar-refractivity contribution is 0.00578. The molecule has 20 heavy (non-hydrogen) atoms. The third-order valence-electron chi connectivity index (χ3n) is 4.12. The number of nitrogens with two attached hydrogens (primary N) is 1. The molecule has 5 nitrogen and oxygen atoms in total. The highest BCUT2D eigenvalue weighted by Crippen LogP contribution is 2.37. The Morgan fingerprint density at radius 1 is 1.20 bits per heavy atom. The maximum Gasteiger partial charge on any atom is 0.497 e. The lowest BCUT2D eigenvalue weighted by Crippen LogP contribution is -2.41. The smallest absolute Gasteiger partial charge is 0.497 e. The Kier molecular flexibility index (Phi) is 3.56. The second-order valence-corrected chi connectivity index (χ2v) is 5.95. The van der Waals surface area contributed by atoms with Gasteiger partial charge in [0, 0.05) is 22.9 Å². The van der Waals surface area contributed by atoms with Crippen molar-refractivity contribution in [1.29, 1.82) is 5.41 Å². The van der Waals surface area contributed by atoms with Gasteiger partial charge in [-0.1, -0.05) is 0 Å². The van der Waals surface area contributed by atoms with E-state index < -0.39 is 18.3 Å². The minimum Gasteiger partial charge on any atom is -0.497 e. The number of nitrogens with one attached hydrogen (secondary N) is 1. The maximum absolute atomic E-state index is 7.44. The molecule has 1 heterocycles. The summed E-state index contributed by atoms with van der Waals surface area (Å²) in [6.07, 6.45) is 1.20. The molecule has 0 amide bonds. The Labute approximate surface area is 120 Å². The van der Waals surface area contributed by atoms with Gasteiger partial charge in [0.25, 0.3) is 0 Å². The van der Waals surface area contributed by atoms with Gasteiger partial charge in [-0.3, -0.25) is 0 Å². The van der Waals surface area contributed by atoms with Gasteiger partial charge < -0.3 is 25.2 Å². The number of ether oxygens (including phenoxy) is 1. The molecule has 1 saturated heterocycles. The van der Waals surface area contributed by atoms with Gasteiger partial charge >= 0.3 is 7.12 Å². The van der Waals surface area contributed by atoms with E-state index in [0.717, 1.165) is 0 Å². The molecule has 0 saturated carbocycles. The summed E-state index contributed by atoms with van der Waals surface area (Å²) in [6, 6.07) is 3.52. The molecule has 0 atom stereocenters. The zero-order chi connectivity index (χ0) is 15.1. The molecular weight excluding hydrogens is 255 g/mol. The van der Waals surface area contributed by atoms with Crippen LogP contribution in [0.2, 0.25) is 0 Å². The van der Waals surface area contributed by atoms with Gasteiger partial charge in [-0.2, -0.15) is 0 Å². The molecule has 6 heteroatoms. The minimum absolute atomic E-state index is 0.433. The van der Waals surface area contributed by atoms with Gasteiger partial charge in [0.05, 0.1) is 18.3 Å². The normalized spacial score (nSPS) is 19.9. The van der Waals surface area contributed by atoms with Crippen molar-refractivity contribution in [1.82, 2.24) is 0 Å². The second kappa shape index (κ2) is 4.79. The van der Waals surface area contributed by atoms with E-state index >= 15 is 0 Å². The number of nitrogen functional groups attached to an aromatic ring is 1. The molecule has 1 aliphatic rings. The first kappa shape index (κ1) is 14.9. The molecule has 1 aromatic carbocycles. The van der Waals surface area contributed by atoms with E-state index in [1.165, 1.54) is 6.21 Å². The first-order chi connectivity index (χ1) is 9.21. The fraction of sp³-hybridized carbons (Fsp3) is 0.500. The monoisotopic (exact) mass is 276 g/mol. The summed E-state index contributed by atoms with van der Waals surface area (Å²) >= 11 is 0. The predicted octanol–water partition coefficient (Wildman–Crippen LogP) is 1.57. The Morgan fingerprint density at radius 3 is 2.20 bits per heavy atom. The number of rotatable bonds is 3. The topological polar surface area (TPSA) is 77.6 Å². The van der Waals surface area contributed by atoms with Crippen molar-refractivity contribution in [2.75, 3.05) is 12.8 Å². The standard InChI is InChI=1S/C14H21BN2O3/c1-13(2)14(3,4)20-15(19-13)11-7-10(18-5)6-9(8-16)12(11)17/h6-8,16H,17H2,1-5H3. The van der Waals surface area contributed by atoms with E-state index in [2.05, 4.69) is 0 Å². The third-order valence-corrected chi connectivity index (χ3v) is 4.12. The largest absolute Gasteiger partial charge is 0.497 e. The van der Waals surface area contributed by atoms with Crippen molar-refractivity contribution in [2.24, 2.45) is 0 Å². The minimum atomic E-state index is -0.561. The van der Waals surface area contributed by atoms with Crippen LogP contribution in [0.4, 0.5) is 5.69 Å². The molecule has 0 unspecified atom stereocenters. The van der Waals surface area contributed by atoms with E-state index in [0.29, 0.717) is 22.5 Å². The van der Waals surface area contributed by atoms with E-state index in [4.69, 9.17) is 25.2 Å². The van der Waals surface area contributed by atoms with Crippen LogP contribution in [0.1, 0.15) is 33.3 Å². The zero-order valence-corrected chi connectivity index (χ0v) is 12.6. The van der Waals surface area contributed by atoms with Gasteiger partial charge in [0.1, 0.15) is 5.75 Å². The van der Waals surface area contributed by atoms with Crippen molar-refractivity contribution in [3.8, 4) is 5.75 Å². The third kappa shape index (κ3) is 2.29. The van der Waals surface area contributed by atoms with Crippen LogP contribution in [0, 0.1) is 5.41 Å². The lowest BCUT2D eigenvalue weighted by Gasteiger charge is -2.32. The highest BCUT2D eigenvalue weighted by atomic mass is 16.7. The van der Waals surface area contributed by atoms with Crippen LogP contribution in [-0.2, 0) is 9.31 Å². The van der Waals surface area contributed by atoms with Gasteiger partial charge in [-0.05, 0) is 39.8 Å². The summed E-state index contributed by atoms with van der Waals surface area (Å²) < 4.78 is 17.2. The molecule has 0 aliphatic carbocycles. The molecular formula is C14H21BN2O3. The Morgan fingerprint density at radius 2 is 1.75 bits per heavy atom. The molecule has 108 valence electrons. The number of hydrogen-bond acceptors (Lipinski definition) is 5. The quantitative estimate of drug-likeness (QED) is 0.499. The molecule has 1 aromatic rings. The van der Waals surface area contributed by atoms with E-state index in [1.807, 2.05) is 27.7 Å². The Hall–Kier alpha value is -1.53. The highest BCUT2D eigenvalue weighted by molar-refractivity contribution is 6.64. The summed E-state index contributed by atoms with van der Waals surface area (Å²) in [4.78, 5) is 0. The van der Waals surface area contributed by atoms with Crippen LogP contribution >= 0.6 is 0 Å². The maximum atomic E-state index is 7.44. The Balaban J connectivity index is 2.47. The van der Waals surface area contributed by atoms with Crippen molar-refractivity contribution in [2.45, 2.75) is 38.9 Å². The van der Waals surface area contributed by atoms with Gasteiger partial charge in [0.15, 0.2) is 0 Å². The molecule has 0 spiro atoms. The van der Waals surface area contributed by atoms with Crippen LogP contribution in [0.25, 0.3) is 0 Å². The number of hydrogen-bond donors (Lipinski definition) is 2. The predicted molar refractivity (Wildman–Crippen MR) is 81.0 cm³/mol. The summed E-state index contributed by atoms with van der Waals surface area (Å²) in [5, 5.41) is 7.44. The van der Waals surface area contributed by atoms with Gasteiger partial charge in [-0.15, -0.1) is 0 Å². The zero-order valence-electron chi connectivity index (χ0n) is 12.6. The fourth-order valence-corrected chi connectivity index (χ4v) is 2.07. The van der Waals surface area contributed by atoms with E-state index in [1.54, 1.807) is 19.2 Å². The van der Waals surface area contributed by atoms with Gasteiger partial charge in [-0.25, -0.2) is 0 Å². The molecule has 0 radical (unpaired) electrons. The summed E-state index contributed by atoms with van der Waals surface area (Å²) in [5.41, 5.74) is 7.02. The number of benzene rings is 1. The SMILES string of the molecule is COc1cc(C=N)c(N)c(B2OC(C)(C)C(C)(C)O2)c1. The summed E-state index contributed by atoms with van der Waals surface area (Å²) in [6.45, 7) is 7.95. The van der Waals surface area contributed by atoms with Crippen LogP contribution in [0.5, 0.6) is 5.75 Å². The average molecular weight is 276 g/mol. The van der Waals surface area contributed by atoms with Crippen molar-refractivity contribution < 1.29 is 14.0 Å². The average Bonchev–Trinajstić information content (AvgIpc) is 2.58. The first-order valence-electron chi connectivity index (χ1n) is 6.55. The van der Waals surface area contributed by atoms with Crippen molar-refractivity contribution >= 4 is 24.5 Å². The van der Waals surface area contributed by atoms with E-state index in [9.17, 15) is 0 Å². The van der Waals surface area contributed by atoms with Crippen LogP contribution in [0.15, 0.2) is 12.1 Å². The van der Waals surface area contributed by atoms with Crippen LogP contribution < -0.4 is 15.9 Å². The molecule has 0 bridgehead atoms. The molecule has 1 aliphatic heterocycles. The summed E-state index contributed by atoms with van der Waals surface area (Å²) in [5.74, 6) is 0.627. The lowest BCUT2D eigenvalue weighted by atomic mass is 9.76. The highest BCUT2D eigenvalue weighted by Gasteiger charge is 2.52. The number of anilines is 1. The fourth-order valence-electron chi connectivity index (χ4n) is 2.07. The molecule has 3 N–H and O–H groups in total. The van der Waals surface area contributed by atoms with E-state index in [-0.39, 0.29) is 0 Å². The molecule has 2 rings (SSSR count). The van der Waals surface area contributed by atoms with Crippen LogP contribution in [-0.4, -0.2) is 31.6 Å². The Bertz CT molecular complexity index is 527. The van der Waals surface area contributed by atoms with Gasteiger partial charge in [0.2, 0.25) is 0 Å². The second-order valence-electron chi connectivity index (χ2n) is 5.95.